The van der Waals surface area contributed by atoms with Crippen molar-refractivity contribution in [3.63, 3.8) is 0 Å². The molecule has 7 heteroatoms. The molecule has 0 aliphatic carbocycles. The number of rotatable bonds is 6. The molecule has 0 atom stereocenters. The average Bonchev–Trinajstić information content (AvgIpc) is 2.97. The summed E-state index contributed by atoms with van der Waals surface area (Å²) in [5, 5.41) is 0. The largest absolute Gasteiger partial charge is 0.368 e. The van der Waals surface area contributed by atoms with E-state index in [0.29, 0.717) is 5.56 Å². The van der Waals surface area contributed by atoms with Gasteiger partial charge in [0, 0.05) is 56.2 Å². The van der Waals surface area contributed by atoms with Crippen molar-refractivity contribution in [1.29, 1.82) is 0 Å². The maximum atomic E-state index is 13.5. The average molecular weight is 504 g/mol. The summed E-state index contributed by atoms with van der Waals surface area (Å²) >= 11 is 0. The van der Waals surface area contributed by atoms with E-state index >= 15 is 0 Å². The van der Waals surface area contributed by atoms with E-state index < -0.39 is 5.82 Å². The third-order valence-corrected chi connectivity index (χ3v) is 6.96. The second kappa shape index (κ2) is 10.4. The number of carbonyl (C=O) groups is 1. The Balaban J connectivity index is 1.16. The lowest BCUT2D eigenvalue weighted by molar-refractivity contribution is 0.0992. The first-order chi connectivity index (χ1) is 18.6. The minimum atomic E-state index is -0.402. The van der Waals surface area contributed by atoms with Crippen molar-refractivity contribution in [2.24, 2.45) is 0 Å². The molecule has 1 fully saturated rings. The summed E-state index contributed by atoms with van der Waals surface area (Å²) in [5.41, 5.74) is 6.24. The molecule has 1 aliphatic heterocycles. The van der Waals surface area contributed by atoms with Gasteiger partial charge in [-0.3, -0.25) is 14.8 Å². The van der Waals surface area contributed by atoms with E-state index in [1.165, 1.54) is 17.8 Å². The molecule has 0 bridgehead atoms. The fraction of sp³-hybridized carbons (Fsp3) is 0.161. The van der Waals surface area contributed by atoms with Crippen LogP contribution in [0.3, 0.4) is 0 Å². The Hall–Kier alpha value is -4.65. The summed E-state index contributed by atoms with van der Waals surface area (Å²) in [5.74, 6) is 0.378. The smallest absolute Gasteiger partial charge is 0.167 e. The Morgan fingerprint density at radius 1 is 0.789 bits per heavy atom. The van der Waals surface area contributed by atoms with Crippen LogP contribution in [0.4, 0.5) is 15.9 Å². The number of ketones is 1. The van der Waals surface area contributed by atoms with Crippen LogP contribution >= 0.6 is 0 Å². The zero-order valence-electron chi connectivity index (χ0n) is 20.8. The zero-order valence-corrected chi connectivity index (χ0v) is 20.8. The lowest BCUT2D eigenvalue weighted by Crippen LogP contribution is -2.46. The van der Waals surface area contributed by atoms with Gasteiger partial charge in [0.05, 0.1) is 17.2 Å². The number of pyridine rings is 1. The highest BCUT2D eigenvalue weighted by atomic mass is 19.1. The van der Waals surface area contributed by atoms with E-state index in [4.69, 9.17) is 4.98 Å². The van der Waals surface area contributed by atoms with Crippen LogP contribution in [0.1, 0.15) is 15.9 Å². The number of aromatic nitrogens is 3. The van der Waals surface area contributed by atoms with Crippen molar-refractivity contribution in [1.82, 2.24) is 15.0 Å². The number of hydrogen-bond donors (Lipinski definition) is 0. The molecule has 38 heavy (non-hydrogen) atoms. The molecule has 3 heterocycles. The Labute approximate surface area is 220 Å². The molecule has 0 spiro atoms. The number of halogens is 1. The number of hydrogen-bond acceptors (Lipinski definition) is 6. The van der Waals surface area contributed by atoms with Crippen LogP contribution < -0.4 is 9.80 Å². The maximum Gasteiger partial charge on any atom is 0.167 e. The molecule has 0 radical (unpaired) electrons. The lowest BCUT2D eigenvalue weighted by atomic mass is 9.99. The van der Waals surface area contributed by atoms with E-state index in [2.05, 4.69) is 25.8 Å². The third-order valence-electron chi connectivity index (χ3n) is 6.96. The van der Waals surface area contributed by atoms with Gasteiger partial charge < -0.3 is 9.80 Å². The van der Waals surface area contributed by atoms with Crippen LogP contribution in [-0.4, -0.2) is 46.9 Å². The molecule has 5 aromatic rings. The highest BCUT2D eigenvalue weighted by molar-refractivity contribution is 5.97. The van der Waals surface area contributed by atoms with E-state index in [1.54, 1.807) is 12.1 Å². The maximum absolute atomic E-state index is 13.5. The number of anilines is 2. The summed E-state index contributed by atoms with van der Waals surface area (Å²) in [6, 6.07) is 23.9. The molecular formula is C31H26FN5O. The van der Waals surface area contributed by atoms with Crippen LogP contribution in [0.2, 0.25) is 0 Å². The second-order valence-electron chi connectivity index (χ2n) is 9.42. The van der Waals surface area contributed by atoms with Gasteiger partial charge in [0.2, 0.25) is 0 Å². The number of Topliss-reactive ketones (excluding diaryl/α,β-unsaturated/α-hetero) is 1. The lowest BCUT2D eigenvalue weighted by Gasteiger charge is -2.36. The van der Waals surface area contributed by atoms with Crippen LogP contribution in [0, 0.1) is 5.82 Å². The monoisotopic (exact) mass is 503 g/mol. The number of fused-ring (bicyclic) bond motifs is 1. The summed E-state index contributed by atoms with van der Waals surface area (Å²) in [6.45, 7) is 3.58. The number of carbonyl (C=O) groups excluding carboxylic acids is 1. The van der Waals surface area contributed by atoms with Gasteiger partial charge in [-0.25, -0.2) is 9.37 Å². The van der Waals surface area contributed by atoms with Crippen LogP contribution in [0.25, 0.3) is 22.2 Å². The molecule has 188 valence electrons. The van der Waals surface area contributed by atoms with Crippen LogP contribution in [0.15, 0.2) is 97.5 Å². The van der Waals surface area contributed by atoms with Gasteiger partial charge in [0.25, 0.3) is 0 Å². The number of benzene rings is 3. The van der Waals surface area contributed by atoms with E-state index in [1.807, 2.05) is 67.1 Å². The molecule has 1 aliphatic rings. The minimum absolute atomic E-state index is 0.104. The van der Waals surface area contributed by atoms with E-state index in [9.17, 15) is 9.18 Å². The Morgan fingerprint density at radius 2 is 1.53 bits per heavy atom. The first-order valence-electron chi connectivity index (χ1n) is 12.7. The SMILES string of the molecule is O=C(Cc1ccc(-c2ccc3ncc(N4CCN(c5ccncc5)CC4)nc3c2)cc1)c1cccc(F)c1. The van der Waals surface area contributed by atoms with Gasteiger partial charge in [-0.1, -0.05) is 42.5 Å². The number of piperazine rings is 1. The van der Waals surface area contributed by atoms with E-state index in [-0.39, 0.29) is 12.2 Å². The first-order valence-corrected chi connectivity index (χ1v) is 12.7. The topological polar surface area (TPSA) is 62.2 Å². The third kappa shape index (κ3) is 5.09. The summed E-state index contributed by atoms with van der Waals surface area (Å²) in [4.78, 5) is 30.9. The normalized spacial score (nSPS) is 13.6. The highest BCUT2D eigenvalue weighted by Gasteiger charge is 2.19. The zero-order chi connectivity index (χ0) is 25.9. The van der Waals surface area contributed by atoms with Crippen LogP contribution in [-0.2, 0) is 6.42 Å². The quantitative estimate of drug-likeness (QED) is 0.282. The molecule has 2 aromatic heterocycles. The van der Waals surface area contributed by atoms with Crippen LogP contribution in [0.5, 0.6) is 0 Å². The molecule has 1 saturated heterocycles. The molecule has 0 unspecified atom stereocenters. The molecule has 0 saturated carbocycles. The standard InChI is InChI=1S/C31H26FN5O/c32-26-3-1-2-25(19-26)30(38)18-22-4-6-23(7-5-22)24-8-9-28-29(20-24)35-31(21-34-28)37-16-14-36(15-17-37)27-10-12-33-13-11-27/h1-13,19-21H,14-18H2. The Kier molecular flexibility index (Phi) is 6.48. The van der Waals surface area contributed by atoms with Gasteiger partial charge in [-0.05, 0) is 53.1 Å². The van der Waals surface area contributed by atoms with Gasteiger partial charge in [-0.2, -0.15) is 0 Å². The molecule has 3 aromatic carbocycles. The highest BCUT2D eigenvalue weighted by Crippen LogP contribution is 2.26. The van der Waals surface area contributed by atoms with Gasteiger partial charge in [0.15, 0.2) is 5.78 Å². The Morgan fingerprint density at radius 3 is 2.29 bits per heavy atom. The fourth-order valence-electron chi connectivity index (χ4n) is 4.85. The molecule has 0 N–H and O–H groups in total. The van der Waals surface area contributed by atoms with Gasteiger partial charge in [0.1, 0.15) is 11.6 Å². The molecular weight excluding hydrogens is 477 g/mol. The fourth-order valence-corrected chi connectivity index (χ4v) is 4.85. The van der Waals surface area contributed by atoms with Gasteiger partial charge >= 0.3 is 0 Å². The van der Waals surface area contributed by atoms with Crippen molar-refractivity contribution in [2.45, 2.75) is 6.42 Å². The first kappa shape index (κ1) is 23.7. The Bertz CT molecular complexity index is 1580. The summed E-state index contributed by atoms with van der Waals surface area (Å²) in [6.07, 6.45) is 5.74. The predicted molar refractivity (Wildman–Crippen MR) is 148 cm³/mol. The van der Waals surface area contributed by atoms with E-state index in [0.717, 1.165) is 59.7 Å². The number of nitrogens with zero attached hydrogens (tertiary/aromatic N) is 5. The van der Waals surface area contributed by atoms with Crippen molar-refractivity contribution in [3.8, 4) is 11.1 Å². The minimum Gasteiger partial charge on any atom is -0.368 e. The molecule has 0 amide bonds. The second-order valence-corrected chi connectivity index (χ2v) is 9.42. The van der Waals surface area contributed by atoms with Crippen molar-refractivity contribution in [3.05, 3.63) is 114 Å². The van der Waals surface area contributed by atoms with Gasteiger partial charge in [-0.15, -0.1) is 0 Å². The summed E-state index contributed by atoms with van der Waals surface area (Å²) < 4.78 is 13.5. The molecule has 6 rings (SSSR count). The predicted octanol–water partition coefficient (Wildman–Crippen LogP) is 5.58. The van der Waals surface area contributed by atoms with Crippen molar-refractivity contribution in [2.75, 3.05) is 36.0 Å². The van der Waals surface area contributed by atoms with Crippen molar-refractivity contribution >= 4 is 28.3 Å². The molecule has 6 nitrogen and oxygen atoms in total. The van der Waals surface area contributed by atoms with Crippen molar-refractivity contribution < 1.29 is 9.18 Å². The summed E-state index contributed by atoms with van der Waals surface area (Å²) in [7, 11) is 0.